The summed E-state index contributed by atoms with van der Waals surface area (Å²) < 4.78 is 0. The summed E-state index contributed by atoms with van der Waals surface area (Å²) in [6.07, 6.45) is 5.73. The fourth-order valence-corrected chi connectivity index (χ4v) is 1.85. The van der Waals surface area contributed by atoms with Gasteiger partial charge in [-0.05, 0) is 37.1 Å². The van der Waals surface area contributed by atoms with Crippen molar-refractivity contribution in [1.82, 2.24) is 5.32 Å². The van der Waals surface area contributed by atoms with Crippen LogP contribution in [0.3, 0.4) is 0 Å². The van der Waals surface area contributed by atoms with Crippen molar-refractivity contribution in [3.05, 3.63) is 0 Å². The summed E-state index contributed by atoms with van der Waals surface area (Å²) in [6, 6.07) is 0.881. The average Bonchev–Trinajstić information content (AvgIpc) is 2.36. The molecule has 2 saturated carbocycles. The summed E-state index contributed by atoms with van der Waals surface area (Å²) in [6.45, 7) is 6.03. The van der Waals surface area contributed by atoms with Gasteiger partial charge in [-0.25, -0.2) is 0 Å². The monoisotopic (exact) mass is 153 g/mol. The molecule has 0 aromatic carbocycles. The summed E-state index contributed by atoms with van der Waals surface area (Å²) >= 11 is 0. The standard InChI is InChI=1S/C10H19N/c1-10(2)6-8(10)7-11-9-4-3-5-9/h8-9,11H,3-7H2,1-2H3. The molecule has 0 spiro atoms. The summed E-state index contributed by atoms with van der Waals surface area (Å²) in [5.74, 6) is 0.975. The van der Waals surface area contributed by atoms with Crippen molar-refractivity contribution in [1.29, 1.82) is 0 Å². The van der Waals surface area contributed by atoms with Gasteiger partial charge in [0, 0.05) is 6.04 Å². The largest absolute Gasteiger partial charge is 0.314 e. The van der Waals surface area contributed by atoms with Gasteiger partial charge in [0.05, 0.1) is 0 Å². The molecule has 1 nitrogen and oxygen atoms in total. The minimum absolute atomic E-state index is 0.663. The molecule has 1 heteroatoms. The maximum absolute atomic E-state index is 3.64. The predicted octanol–water partition coefficient (Wildman–Crippen LogP) is 2.17. The van der Waals surface area contributed by atoms with E-state index in [2.05, 4.69) is 19.2 Å². The molecule has 1 unspecified atom stereocenters. The van der Waals surface area contributed by atoms with Gasteiger partial charge in [-0.15, -0.1) is 0 Å². The van der Waals surface area contributed by atoms with E-state index in [1.807, 2.05) is 0 Å². The highest BCUT2D eigenvalue weighted by atomic mass is 14.9. The van der Waals surface area contributed by atoms with Gasteiger partial charge in [-0.2, -0.15) is 0 Å². The second kappa shape index (κ2) is 2.48. The average molecular weight is 153 g/mol. The van der Waals surface area contributed by atoms with Crippen LogP contribution in [0.15, 0.2) is 0 Å². The Morgan fingerprint density at radius 2 is 2.00 bits per heavy atom. The Morgan fingerprint density at radius 3 is 2.36 bits per heavy atom. The first-order valence-electron chi connectivity index (χ1n) is 4.92. The van der Waals surface area contributed by atoms with Crippen molar-refractivity contribution < 1.29 is 0 Å². The van der Waals surface area contributed by atoms with Crippen LogP contribution in [0.5, 0.6) is 0 Å². The van der Waals surface area contributed by atoms with Gasteiger partial charge in [0.1, 0.15) is 0 Å². The third-order valence-electron chi connectivity index (χ3n) is 3.48. The van der Waals surface area contributed by atoms with Crippen LogP contribution < -0.4 is 5.32 Å². The van der Waals surface area contributed by atoms with Crippen LogP contribution in [0.1, 0.15) is 39.5 Å². The van der Waals surface area contributed by atoms with E-state index in [1.54, 1.807) is 0 Å². The van der Waals surface area contributed by atoms with Crippen molar-refractivity contribution >= 4 is 0 Å². The van der Waals surface area contributed by atoms with Crippen molar-refractivity contribution in [3.8, 4) is 0 Å². The topological polar surface area (TPSA) is 12.0 Å². The Morgan fingerprint density at radius 1 is 1.36 bits per heavy atom. The first-order valence-corrected chi connectivity index (χ1v) is 4.92. The van der Waals surface area contributed by atoms with Crippen molar-refractivity contribution in [3.63, 3.8) is 0 Å². The highest BCUT2D eigenvalue weighted by molar-refractivity contribution is 4.97. The first kappa shape index (κ1) is 7.60. The van der Waals surface area contributed by atoms with Gasteiger partial charge in [0.15, 0.2) is 0 Å². The van der Waals surface area contributed by atoms with E-state index >= 15 is 0 Å². The van der Waals surface area contributed by atoms with Gasteiger partial charge < -0.3 is 5.32 Å². The SMILES string of the molecule is CC1(C)CC1CNC1CCC1. The maximum Gasteiger partial charge on any atom is 0.00672 e. The third kappa shape index (κ3) is 1.58. The lowest BCUT2D eigenvalue weighted by atomic mass is 9.93. The van der Waals surface area contributed by atoms with E-state index in [0.29, 0.717) is 5.41 Å². The number of nitrogens with one attached hydrogen (secondary N) is 1. The van der Waals surface area contributed by atoms with Crippen molar-refractivity contribution in [2.75, 3.05) is 6.54 Å². The van der Waals surface area contributed by atoms with E-state index in [9.17, 15) is 0 Å². The zero-order valence-corrected chi connectivity index (χ0v) is 7.69. The molecule has 0 aromatic rings. The summed E-state index contributed by atoms with van der Waals surface area (Å²) in [5, 5.41) is 3.64. The van der Waals surface area contributed by atoms with E-state index < -0.39 is 0 Å². The molecule has 0 amide bonds. The lowest BCUT2D eigenvalue weighted by Gasteiger charge is -2.26. The number of rotatable bonds is 3. The molecule has 2 aliphatic carbocycles. The number of hydrogen-bond acceptors (Lipinski definition) is 1. The molecule has 2 fully saturated rings. The van der Waals surface area contributed by atoms with Crippen LogP contribution in [0.4, 0.5) is 0 Å². The molecule has 64 valence electrons. The van der Waals surface area contributed by atoms with Crippen LogP contribution in [0.2, 0.25) is 0 Å². The summed E-state index contributed by atoms with van der Waals surface area (Å²) in [4.78, 5) is 0. The van der Waals surface area contributed by atoms with E-state index in [1.165, 1.54) is 32.2 Å². The van der Waals surface area contributed by atoms with Crippen molar-refractivity contribution in [2.24, 2.45) is 11.3 Å². The molecule has 0 bridgehead atoms. The molecule has 2 aliphatic rings. The van der Waals surface area contributed by atoms with Crippen LogP contribution in [-0.4, -0.2) is 12.6 Å². The minimum Gasteiger partial charge on any atom is -0.314 e. The zero-order chi connectivity index (χ0) is 7.90. The summed E-state index contributed by atoms with van der Waals surface area (Å²) in [5.41, 5.74) is 0.663. The lowest BCUT2D eigenvalue weighted by Crippen LogP contribution is -2.36. The van der Waals surface area contributed by atoms with Gasteiger partial charge in [-0.1, -0.05) is 20.3 Å². The van der Waals surface area contributed by atoms with E-state index in [0.717, 1.165) is 12.0 Å². The maximum atomic E-state index is 3.64. The molecule has 2 rings (SSSR count). The number of hydrogen-bond donors (Lipinski definition) is 1. The van der Waals surface area contributed by atoms with E-state index in [4.69, 9.17) is 0 Å². The second-order valence-corrected chi connectivity index (χ2v) is 4.93. The quantitative estimate of drug-likeness (QED) is 0.655. The normalized spacial score (nSPS) is 34.9. The highest BCUT2D eigenvalue weighted by Gasteiger charge is 2.45. The zero-order valence-electron chi connectivity index (χ0n) is 7.69. The van der Waals surface area contributed by atoms with Crippen molar-refractivity contribution in [2.45, 2.75) is 45.6 Å². The second-order valence-electron chi connectivity index (χ2n) is 4.93. The predicted molar refractivity (Wildman–Crippen MR) is 47.5 cm³/mol. The third-order valence-corrected chi connectivity index (χ3v) is 3.48. The van der Waals surface area contributed by atoms with Gasteiger partial charge in [0.2, 0.25) is 0 Å². The van der Waals surface area contributed by atoms with Crippen LogP contribution in [-0.2, 0) is 0 Å². The van der Waals surface area contributed by atoms with Crippen LogP contribution >= 0.6 is 0 Å². The highest BCUT2D eigenvalue weighted by Crippen LogP contribution is 2.51. The Labute approximate surface area is 69.6 Å². The fraction of sp³-hybridized carbons (Fsp3) is 1.00. The Bertz CT molecular complexity index is 147. The molecular weight excluding hydrogens is 134 g/mol. The smallest absolute Gasteiger partial charge is 0.00672 e. The molecular formula is C10H19N. The van der Waals surface area contributed by atoms with Gasteiger partial charge >= 0.3 is 0 Å². The molecule has 0 aliphatic heterocycles. The molecule has 0 heterocycles. The lowest BCUT2D eigenvalue weighted by molar-refractivity contribution is 0.328. The fourth-order valence-electron chi connectivity index (χ4n) is 1.85. The molecule has 0 radical (unpaired) electrons. The molecule has 11 heavy (non-hydrogen) atoms. The molecule has 0 saturated heterocycles. The summed E-state index contributed by atoms with van der Waals surface area (Å²) in [7, 11) is 0. The molecule has 0 aromatic heterocycles. The van der Waals surface area contributed by atoms with E-state index in [-0.39, 0.29) is 0 Å². The van der Waals surface area contributed by atoms with Crippen LogP contribution in [0.25, 0.3) is 0 Å². The Hall–Kier alpha value is -0.0400. The van der Waals surface area contributed by atoms with Gasteiger partial charge in [0.25, 0.3) is 0 Å². The molecule has 1 N–H and O–H groups in total. The first-order chi connectivity index (χ1) is 5.18. The Kier molecular flexibility index (Phi) is 1.71. The Balaban J connectivity index is 1.61. The molecule has 1 atom stereocenters. The minimum atomic E-state index is 0.663. The van der Waals surface area contributed by atoms with Crippen LogP contribution in [0, 0.1) is 11.3 Å². The van der Waals surface area contributed by atoms with Gasteiger partial charge in [-0.3, -0.25) is 0 Å².